The van der Waals surface area contributed by atoms with Gasteiger partial charge in [-0.15, -0.1) is 0 Å². The maximum absolute atomic E-state index is 12.2. The van der Waals surface area contributed by atoms with Gasteiger partial charge in [-0.05, 0) is 19.8 Å². The molecule has 1 aliphatic rings. The van der Waals surface area contributed by atoms with Crippen LogP contribution in [-0.4, -0.2) is 53.2 Å². The molecule has 0 atom stereocenters. The zero-order chi connectivity index (χ0) is 17.0. The maximum Gasteiger partial charge on any atom is 0.239 e. The van der Waals surface area contributed by atoms with Crippen LogP contribution >= 0.6 is 0 Å². The molecule has 0 spiro atoms. The number of nitrogens with two attached hydrogens (primary N) is 1. The molecule has 1 aliphatic heterocycles. The van der Waals surface area contributed by atoms with Crippen molar-refractivity contribution in [1.82, 2.24) is 14.1 Å². The third kappa shape index (κ3) is 4.52. The van der Waals surface area contributed by atoms with E-state index in [0.29, 0.717) is 31.7 Å². The normalized spacial score (nSPS) is 17.1. The van der Waals surface area contributed by atoms with Crippen LogP contribution < -0.4 is 11.1 Å². The lowest BCUT2D eigenvalue weighted by Gasteiger charge is -2.30. The zero-order valence-electron chi connectivity index (χ0n) is 12.9. The number of sulfonamides is 1. The van der Waals surface area contributed by atoms with Gasteiger partial charge in [0.2, 0.25) is 21.8 Å². The number of amides is 2. The first-order valence-electron chi connectivity index (χ1n) is 7.42. The van der Waals surface area contributed by atoms with Gasteiger partial charge in [0.25, 0.3) is 0 Å². The minimum absolute atomic E-state index is 0.0524. The summed E-state index contributed by atoms with van der Waals surface area (Å²) in [6.07, 6.45) is 2.51. The van der Waals surface area contributed by atoms with Gasteiger partial charge in [-0.3, -0.25) is 14.3 Å². The fraction of sp³-hybridized carbons (Fsp3) is 0.615. The zero-order valence-corrected chi connectivity index (χ0v) is 13.8. The van der Waals surface area contributed by atoms with Crippen LogP contribution in [0.3, 0.4) is 0 Å². The van der Waals surface area contributed by atoms with Crippen LogP contribution in [-0.2, 0) is 26.2 Å². The van der Waals surface area contributed by atoms with Gasteiger partial charge in [-0.2, -0.15) is 5.10 Å². The third-order valence-corrected chi connectivity index (χ3v) is 5.67. The van der Waals surface area contributed by atoms with Crippen molar-refractivity contribution in [1.29, 1.82) is 0 Å². The standard InChI is InChI=1S/C13H21N5O4S/c1-2-23(21,22)18-7-3-10(4-8-18)13(20)15-12-5-6-17(16-12)9-11(14)19/h5-6,10H,2-4,7-9H2,1H3,(H2,14,19)(H,15,16,20). The second-order valence-corrected chi connectivity index (χ2v) is 7.69. The SMILES string of the molecule is CCS(=O)(=O)N1CCC(C(=O)Nc2ccn(CC(N)=O)n2)CC1. The van der Waals surface area contributed by atoms with E-state index in [1.54, 1.807) is 19.2 Å². The van der Waals surface area contributed by atoms with Gasteiger partial charge in [-0.25, -0.2) is 12.7 Å². The summed E-state index contributed by atoms with van der Waals surface area (Å²) in [5.41, 5.74) is 5.07. The van der Waals surface area contributed by atoms with Crippen LogP contribution in [0, 0.1) is 5.92 Å². The van der Waals surface area contributed by atoms with E-state index < -0.39 is 15.9 Å². The molecule has 0 radical (unpaired) electrons. The average molecular weight is 343 g/mol. The lowest BCUT2D eigenvalue weighted by Crippen LogP contribution is -2.42. The Balaban J connectivity index is 1.88. The third-order valence-electron chi connectivity index (χ3n) is 3.79. The lowest BCUT2D eigenvalue weighted by atomic mass is 9.97. The summed E-state index contributed by atoms with van der Waals surface area (Å²) < 4.78 is 26.3. The molecule has 0 aromatic carbocycles. The van der Waals surface area contributed by atoms with Crippen LogP contribution in [0.15, 0.2) is 12.3 Å². The van der Waals surface area contributed by atoms with Crippen molar-refractivity contribution in [2.75, 3.05) is 24.2 Å². The molecule has 0 unspecified atom stereocenters. The highest BCUT2D eigenvalue weighted by Gasteiger charge is 2.30. The number of rotatable bonds is 6. The van der Waals surface area contributed by atoms with Crippen LogP contribution in [0.4, 0.5) is 5.82 Å². The van der Waals surface area contributed by atoms with E-state index >= 15 is 0 Å². The molecule has 10 heteroatoms. The quantitative estimate of drug-likeness (QED) is 0.711. The molecule has 0 aliphatic carbocycles. The van der Waals surface area contributed by atoms with Gasteiger partial charge >= 0.3 is 0 Å². The van der Waals surface area contributed by atoms with Crippen molar-refractivity contribution in [3.8, 4) is 0 Å². The number of anilines is 1. The topological polar surface area (TPSA) is 127 Å². The van der Waals surface area contributed by atoms with E-state index in [1.165, 1.54) is 8.99 Å². The summed E-state index contributed by atoms with van der Waals surface area (Å²) in [7, 11) is -3.20. The molecule has 2 amide bonds. The number of hydrogen-bond acceptors (Lipinski definition) is 5. The van der Waals surface area contributed by atoms with Crippen molar-refractivity contribution in [2.24, 2.45) is 11.7 Å². The number of nitrogens with zero attached hydrogens (tertiary/aromatic N) is 3. The number of carbonyl (C=O) groups excluding carboxylic acids is 2. The molecule has 9 nitrogen and oxygen atoms in total. The summed E-state index contributed by atoms with van der Waals surface area (Å²) in [6.45, 7) is 2.26. The number of carbonyl (C=O) groups is 2. The van der Waals surface area contributed by atoms with E-state index in [0.717, 1.165) is 0 Å². The van der Waals surface area contributed by atoms with Gasteiger partial charge in [0, 0.05) is 31.3 Å². The Kier molecular flexibility index (Phi) is 5.37. The van der Waals surface area contributed by atoms with Gasteiger partial charge in [0.1, 0.15) is 6.54 Å². The summed E-state index contributed by atoms with van der Waals surface area (Å²) in [5, 5.41) is 6.71. The molecule has 1 fully saturated rings. The number of piperidine rings is 1. The number of aromatic nitrogens is 2. The van der Waals surface area contributed by atoms with Crippen LogP contribution in [0.5, 0.6) is 0 Å². The summed E-state index contributed by atoms with van der Waals surface area (Å²) in [5.74, 6) is -0.543. The monoisotopic (exact) mass is 343 g/mol. The second-order valence-electron chi connectivity index (χ2n) is 5.43. The highest BCUT2D eigenvalue weighted by molar-refractivity contribution is 7.89. The minimum Gasteiger partial charge on any atom is -0.368 e. The molecule has 128 valence electrons. The van der Waals surface area contributed by atoms with Gasteiger partial charge in [-0.1, -0.05) is 0 Å². The van der Waals surface area contributed by atoms with E-state index in [9.17, 15) is 18.0 Å². The maximum atomic E-state index is 12.2. The van der Waals surface area contributed by atoms with Gasteiger partial charge < -0.3 is 11.1 Å². The van der Waals surface area contributed by atoms with Gasteiger partial charge in [0.15, 0.2) is 5.82 Å². The lowest BCUT2D eigenvalue weighted by molar-refractivity contribution is -0.121. The van der Waals surface area contributed by atoms with Crippen molar-refractivity contribution in [3.63, 3.8) is 0 Å². The van der Waals surface area contributed by atoms with Gasteiger partial charge in [0.05, 0.1) is 5.75 Å². The Morgan fingerprint density at radius 3 is 2.61 bits per heavy atom. The summed E-state index contributed by atoms with van der Waals surface area (Å²) >= 11 is 0. The van der Waals surface area contributed by atoms with E-state index in [1.807, 2.05) is 0 Å². The van der Waals surface area contributed by atoms with Crippen LogP contribution in [0.1, 0.15) is 19.8 Å². The molecular weight excluding hydrogens is 322 g/mol. The molecule has 2 heterocycles. The first kappa shape index (κ1) is 17.4. The average Bonchev–Trinajstić information content (AvgIpc) is 2.93. The Morgan fingerprint density at radius 2 is 2.04 bits per heavy atom. The second kappa shape index (κ2) is 7.09. The van der Waals surface area contributed by atoms with Crippen LogP contribution in [0.2, 0.25) is 0 Å². The number of nitrogens with one attached hydrogen (secondary N) is 1. The Morgan fingerprint density at radius 1 is 1.39 bits per heavy atom. The predicted octanol–water partition coefficient (Wildman–Crippen LogP) is -0.631. The highest BCUT2D eigenvalue weighted by atomic mass is 32.2. The molecule has 0 bridgehead atoms. The van der Waals surface area contributed by atoms with E-state index in [-0.39, 0.29) is 24.1 Å². The number of primary amides is 1. The first-order valence-corrected chi connectivity index (χ1v) is 9.03. The first-order chi connectivity index (χ1) is 10.8. The minimum atomic E-state index is -3.20. The molecule has 1 saturated heterocycles. The Labute approximate surface area is 134 Å². The molecule has 1 aromatic heterocycles. The fourth-order valence-corrected chi connectivity index (χ4v) is 3.62. The van der Waals surface area contributed by atoms with Crippen molar-refractivity contribution < 1.29 is 18.0 Å². The van der Waals surface area contributed by atoms with E-state index in [2.05, 4.69) is 10.4 Å². The van der Waals surface area contributed by atoms with Crippen molar-refractivity contribution in [3.05, 3.63) is 12.3 Å². The molecule has 23 heavy (non-hydrogen) atoms. The fourth-order valence-electron chi connectivity index (χ4n) is 2.48. The van der Waals surface area contributed by atoms with Crippen LogP contribution in [0.25, 0.3) is 0 Å². The molecule has 3 N–H and O–H groups in total. The smallest absolute Gasteiger partial charge is 0.239 e. The summed E-state index contributed by atoms with van der Waals surface area (Å²) in [4.78, 5) is 23.0. The highest BCUT2D eigenvalue weighted by Crippen LogP contribution is 2.21. The largest absolute Gasteiger partial charge is 0.368 e. The summed E-state index contributed by atoms with van der Waals surface area (Å²) in [6, 6.07) is 1.58. The Bertz CT molecular complexity index is 676. The van der Waals surface area contributed by atoms with E-state index in [4.69, 9.17) is 5.73 Å². The molecule has 1 aromatic rings. The molecule has 0 saturated carbocycles. The molecular formula is C13H21N5O4S. The molecule has 2 rings (SSSR count). The Hall–Kier alpha value is -1.94. The predicted molar refractivity (Wildman–Crippen MR) is 83.8 cm³/mol. The number of hydrogen-bond donors (Lipinski definition) is 2. The van der Waals surface area contributed by atoms with Crippen molar-refractivity contribution in [2.45, 2.75) is 26.3 Å². The van der Waals surface area contributed by atoms with Crippen molar-refractivity contribution >= 4 is 27.7 Å².